The summed E-state index contributed by atoms with van der Waals surface area (Å²) in [5, 5.41) is 5.53. The Labute approximate surface area is 135 Å². The highest BCUT2D eigenvalue weighted by molar-refractivity contribution is 8.06. The van der Waals surface area contributed by atoms with Crippen LogP contribution in [-0.2, 0) is 13.0 Å². The van der Waals surface area contributed by atoms with Gasteiger partial charge in [0.25, 0.3) is 0 Å². The highest BCUT2D eigenvalue weighted by Gasteiger charge is 2.22. The molecule has 1 atom stereocenters. The van der Waals surface area contributed by atoms with Crippen LogP contribution in [0.25, 0.3) is 0 Å². The van der Waals surface area contributed by atoms with E-state index in [1.165, 1.54) is 32.8 Å². The Bertz CT molecular complexity index is 409. The molecule has 0 aromatic carbocycles. The van der Waals surface area contributed by atoms with Gasteiger partial charge >= 0.3 is 0 Å². The summed E-state index contributed by atoms with van der Waals surface area (Å²) in [6.07, 6.45) is 1.11. The van der Waals surface area contributed by atoms with E-state index in [0.717, 1.165) is 13.0 Å². The lowest BCUT2D eigenvalue weighted by molar-refractivity contribution is 0.581. The van der Waals surface area contributed by atoms with Crippen LogP contribution in [0.2, 0.25) is 0 Å². The molecule has 2 rings (SSSR count). The Morgan fingerprint density at radius 2 is 2.05 bits per heavy atom. The van der Waals surface area contributed by atoms with Gasteiger partial charge < -0.3 is 5.32 Å². The lowest BCUT2D eigenvalue weighted by Gasteiger charge is -2.18. The Kier molecular flexibility index (Phi) is 6.72. The van der Waals surface area contributed by atoms with Crippen LogP contribution in [0.5, 0.6) is 0 Å². The molecule has 0 aliphatic carbocycles. The molecule has 1 aromatic heterocycles. The molecule has 2 heterocycles. The fourth-order valence-electron chi connectivity index (χ4n) is 2.15. The molecular formula is C15H26N2S3. The van der Waals surface area contributed by atoms with Crippen molar-refractivity contribution in [3.05, 3.63) is 15.6 Å². The van der Waals surface area contributed by atoms with Gasteiger partial charge in [0.2, 0.25) is 0 Å². The maximum absolute atomic E-state index is 5.00. The topological polar surface area (TPSA) is 24.9 Å². The van der Waals surface area contributed by atoms with Crippen molar-refractivity contribution >= 4 is 34.9 Å². The van der Waals surface area contributed by atoms with Crippen molar-refractivity contribution in [3.63, 3.8) is 0 Å². The zero-order valence-corrected chi connectivity index (χ0v) is 15.4. The number of thiazole rings is 1. The number of hydrogen-bond acceptors (Lipinski definition) is 5. The molecule has 0 bridgehead atoms. The van der Waals surface area contributed by atoms with Crippen LogP contribution in [-0.4, -0.2) is 28.3 Å². The summed E-state index contributed by atoms with van der Waals surface area (Å²) in [6.45, 7) is 9.95. The quantitative estimate of drug-likeness (QED) is 0.837. The predicted octanol–water partition coefficient (Wildman–Crippen LogP) is 4.36. The number of thioether (sulfide) groups is 2. The van der Waals surface area contributed by atoms with E-state index in [4.69, 9.17) is 4.98 Å². The molecule has 1 aliphatic rings. The fourth-order valence-corrected chi connectivity index (χ4v) is 6.18. The van der Waals surface area contributed by atoms with Crippen LogP contribution in [0.1, 0.15) is 48.5 Å². The highest BCUT2D eigenvalue weighted by atomic mass is 32.2. The lowest BCUT2D eigenvalue weighted by Crippen LogP contribution is -2.22. The molecule has 0 radical (unpaired) electrons. The summed E-state index contributed by atoms with van der Waals surface area (Å²) in [4.78, 5) is 6.45. The minimum absolute atomic E-state index is 0.534. The van der Waals surface area contributed by atoms with Crippen LogP contribution >= 0.6 is 34.9 Å². The smallest absolute Gasteiger partial charge is 0.107 e. The molecule has 2 nitrogen and oxygen atoms in total. The summed E-state index contributed by atoms with van der Waals surface area (Å²) >= 11 is 6.11. The van der Waals surface area contributed by atoms with Crippen LogP contribution in [0.3, 0.4) is 0 Å². The van der Waals surface area contributed by atoms with Crippen molar-refractivity contribution in [2.75, 3.05) is 17.3 Å². The van der Waals surface area contributed by atoms with Gasteiger partial charge in [-0.1, -0.05) is 27.7 Å². The SMILES string of the molecule is CC(C)Cc1nc(C2CSCCS2)sc1CNC(C)C. The van der Waals surface area contributed by atoms with Crippen molar-refractivity contribution in [2.24, 2.45) is 5.92 Å². The lowest BCUT2D eigenvalue weighted by atomic mass is 10.1. The van der Waals surface area contributed by atoms with E-state index in [2.05, 4.69) is 56.5 Å². The maximum Gasteiger partial charge on any atom is 0.107 e. The molecule has 0 saturated carbocycles. The average Bonchev–Trinajstić information content (AvgIpc) is 2.80. The standard InChI is InChI=1S/C15H26N2S3/c1-10(2)7-12-13(8-16-11(3)4)20-15(17-12)14-9-18-5-6-19-14/h10-11,14,16H,5-9H2,1-4H3. The van der Waals surface area contributed by atoms with E-state index in [9.17, 15) is 0 Å². The van der Waals surface area contributed by atoms with Crippen molar-refractivity contribution in [1.82, 2.24) is 10.3 Å². The summed E-state index contributed by atoms with van der Waals surface area (Å²) in [6, 6.07) is 0.534. The second-order valence-electron chi connectivity index (χ2n) is 5.99. The molecule has 114 valence electrons. The number of hydrogen-bond donors (Lipinski definition) is 1. The molecule has 0 spiro atoms. The Morgan fingerprint density at radius 1 is 1.25 bits per heavy atom. The minimum atomic E-state index is 0.534. The van der Waals surface area contributed by atoms with Gasteiger partial charge in [-0.15, -0.1) is 23.1 Å². The van der Waals surface area contributed by atoms with Gasteiger partial charge in [-0.25, -0.2) is 4.98 Å². The van der Waals surface area contributed by atoms with E-state index >= 15 is 0 Å². The molecule has 1 unspecified atom stereocenters. The largest absolute Gasteiger partial charge is 0.310 e. The van der Waals surface area contributed by atoms with E-state index in [-0.39, 0.29) is 0 Å². The van der Waals surface area contributed by atoms with Crippen molar-refractivity contribution in [2.45, 2.75) is 52.0 Å². The Balaban J connectivity index is 2.12. The fraction of sp³-hybridized carbons (Fsp3) is 0.800. The molecule has 1 aliphatic heterocycles. The monoisotopic (exact) mass is 330 g/mol. The summed E-state index contributed by atoms with van der Waals surface area (Å²) in [5.41, 5.74) is 1.34. The average molecular weight is 331 g/mol. The van der Waals surface area contributed by atoms with Crippen molar-refractivity contribution < 1.29 is 0 Å². The first-order valence-electron chi connectivity index (χ1n) is 7.47. The summed E-state index contributed by atoms with van der Waals surface area (Å²) in [5.74, 6) is 4.48. The number of rotatable bonds is 6. The second kappa shape index (κ2) is 8.06. The molecule has 0 amide bonds. The zero-order valence-electron chi connectivity index (χ0n) is 12.9. The number of nitrogens with zero attached hydrogens (tertiary/aromatic N) is 1. The van der Waals surface area contributed by atoms with Crippen LogP contribution in [0.4, 0.5) is 0 Å². The van der Waals surface area contributed by atoms with Crippen molar-refractivity contribution in [3.8, 4) is 0 Å². The predicted molar refractivity (Wildman–Crippen MR) is 95.2 cm³/mol. The third-order valence-electron chi connectivity index (χ3n) is 3.16. The van der Waals surface area contributed by atoms with Crippen LogP contribution in [0, 0.1) is 5.92 Å². The summed E-state index contributed by atoms with van der Waals surface area (Å²) < 4.78 is 0. The summed E-state index contributed by atoms with van der Waals surface area (Å²) in [7, 11) is 0. The second-order valence-corrected chi connectivity index (χ2v) is 9.57. The van der Waals surface area contributed by atoms with Gasteiger partial charge in [-0.05, 0) is 12.3 Å². The highest BCUT2D eigenvalue weighted by Crippen LogP contribution is 2.39. The maximum atomic E-state index is 5.00. The van der Waals surface area contributed by atoms with Gasteiger partial charge in [0.15, 0.2) is 0 Å². The minimum Gasteiger partial charge on any atom is -0.310 e. The Hall–Kier alpha value is 0.290. The molecule has 1 fully saturated rings. The van der Waals surface area contributed by atoms with Gasteiger partial charge in [-0.2, -0.15) is 11.8 Å². The van der Waals surface area contributed by atoms with Gasteiger partial charge in [0.1, 0.15) is 5.01 Å². The van der Waals surface area contributed by atoms with Crippen LogP contribution in [0.15, 0.2) is 0 Å². The Morgan fingerprint density at radius 3 is 2.65 bits per heavy atom. The third kappa shape index (κ3) is 4.93. The van der Waals surface area contributed by atoms with Crippen LogP contribution < -0.4 is 5.32 Å². The molecule has 1 aromatic rings. The normalized spacial score (nSPS) is 20.0. The first-order chi connectivity index (χ1) is 9.56. The number of aromatic nitrogens is 1. The van der Waals surface area contributed by atoms with Gasteiger partial charge in [0.05, 0.1) is 10.9 Å². The van der Waals surface area contributed by atoms with Gasteiger partial charge in [-0.3, -0.25) is 0 Å². The van der Waals surface area contributed by atoms with E-state index in [1.807, 2.05) is 11.3 Å². The first kappa shape index (κ1) is 16.7. The van der Waals surface area contributed by atoms with Gasteiger partial charge in [0, 0.05) is 34.7 Å². The molecule has 1 saturated heterocycles. The molecule has 20 heavy (non-hydrogen) atoms. The number of nitrogens with one attached hydrogen (secondary N) is 1. The third-order valence-corrected chi connectivity index (χ3v) is 7.28. The zero-order chi connectivity index (χ0) is 14.5. The first-order valence-corrected chi connectivity index (χ1v) is 10.5. The van der Waals surface area contributed by atoms with E-state index < -0.39 is 0 Å². The van der Waals surface area contributed by atoms with E-state index in [0.29, 0.717) is 17.2 Å². The molecule has 5 heteroatoms. The molecular weight excluding hydrogens is 304 g/mol. The van der Waals surface area contributed by atoms with E-state index in [1.54, 1.807) is 0 Å². The molecule has 1 N–H and O–H groups in total. The van der Waals surface area contributed by atoms with Crippen molar-refractivity contribution in [1.29, 1.82) is 0 Å².